The Morgan fingerprint density at radius 1 is 1.11 bits per heavy atom. The van der Waals surface area contributed by atoms with E-state index < -0.39 is 0 Å². The van der Waals surface area contributed by atoms with Crippen LogP contribution in [0.4, 0.5) is 0 Å². The maximum atomic E-state index is 5.35. The normalized spacial score (nSPS) is 12.7. The molecule has 2 aromatic carbocycles. The Morgan fingerprint density at radius 3 is 2.74 bits per heavy atom. The molecule has 0 saturated heterocycles. The Kier molecular flexibility index (Phi) is 3.01. The van der Waals surface area contributed by atoms with E-state index in [0.717, 1.165) is 11.5 Å². The van der Waals surface area contributed by atoms with Gasteiger partial charge in [0.25, 0.3) is 0 Å². The fourth-order valence-corrected chi connectivity index (χ4v) is 2.23. The maximum absolute atomic E-state index is 5.35. The zero-order valence-electron chi connectivity index (χ0n) is 10.9. The summed E-state index contributed by atoms with van der Waals surface area (Å²) in [6.07, 6.45) is 1.63. The summed E-state index contributed by atoms with van der Waals surface area (Å²) in [5.41, 5.74) is 1.07. The average molecular weight is 253 g/mol. The highest BCUT2D eigenvalue weighted by atomic mass is 16.5. The molecule has 0 aliphatic rings. The number of methoxy groups -OCH3 is 1. The lowest BCUT2D eigenvalue weighted by Crippen LogP contribution is -2.06. The second kappa shape index (κ2) is 4.82. The molecule has 0 bridgehead atoms. The molecule has 1 heterocycles. The van der Waals surface area contributed by atoms with Crippen molar-refractivity contribution in [2.45, 2.75) is 13.0 Å². The van der Waals surface area contributed by atoms with Gasteiger partial charge in [0.1, 0.15) is 12.4 Å². The molecule has 0 amide bonds. The van der Waals surface area contributed by atoms with Gasteiger partial charge < -0.3 is 4.74 Å². The second-order valence-corrected chi connectivity index (χ2v) is 4.44. The Balaban J connectivity index is 2.23. The highest BCUT2D eigenvalue weighted by molar-refractivity contribution is 5.90. The SMILES string of the molecule is CO[C@H](C)c1nncn1-c1cccc2ccccc12. The summed E-state index contributed by atoms with van der Waals surface area (Å²) >= 11 is 0. The van der Waals surface area contributed by atoms with Gasteiger partial charge in [-0.2, -0.15) is 0 Å². The topological polar surface area (TPSA) is 39.9 Å². The van der Waals surface area contributed by atoms with Crippen molar-refractivity contribution in [3.63, 3.8) is 0 Å². The molecule has 4 nitrogen and oxygen atoms in total. The van der Waals surface area contributed by atoms with Crippen molar-refractivity contribution in [2.75, 3.05) is 7.11 Å². The van der Waals surface area contributed by atoms with Crippen LogP contribution in [0.15, 0.2) is 48.8 Å². The van der Waals surface area contributed by atoms with Crippen LogP contribution in [0.3, 0.4) is 0 Å². The lowest BCUT2D eigenvalue weighted by atomic mass is 10.1. The van der Waals surface area contributed by atoms with Gasteiger partial charge in [0.05, 0.1) is 5.69 Å². The van der Waals surface area contributed by atoms with Crippen LogP contribution in [0, 0.1) is 0 Å². The van der Waals surface area contributed by atoms with Gasteiger partial charge in [0.15, 0.2) is 5.82 Å². The largest absolute Gasteiger partial charge is 0.374 e. The molecule has 1 aromatic heterocycles. The molecule has 0 N–H and O–H groups in total. The van der Waals surface area contributed by atoms with E-state index in [2.05, 4.69) is 34.5 Å². The van der Waals surface area contributed by atoms with Crippen LogP contribution in [-0.2, 0) is 4.74 Å². The lowest BCUT2D eigenvalue weighted by Gasteiger charge is -2.13. The van der Waals surface area contributed by atoms with Crippen molar-refractivity contribution in [3.8, 4) is 5.69 Å². The van der Waals surface area contributed by atoms with Gasteiger partial charge in [-0.3, -0.25) is 4.57 Å². The van der Waals surface area contributed by atoms with E-state index in [1.165, 1.54) is 10.8 Å². The van der Waals surface area contributed by atoms with Crippen LogP contribution >= 0.6 is 0 Å². The first-order chi connectivity index (χ1) is 9.31. The number of fused-ring (bicyclic) bond motifs is 1. The molecule has 19 heavy (non-hydrogen) atoms. The van der Waals surface area contributed by atoms with Crippen molar-refractivity contribution in [1.82, 2.24) is 14.8 Å². The molecule has 0 aliphatic heterocycles. The first kappa shape index (κ1) is 11.9. The average Bonchev–Trinajstić information content (AvgIpc) is 2.95. The van der Waals surface area contributed by atoms with Gasteiger partial charge in [-0.25, -0.2) is 0 Å². The first-order valence-corrected chi connectivity index (χ1v) is 6.22. The molecule has 4 heteroatoms. The van der Waals surface area contributed by atoms with E-state index in [4.69, 9.17) is 4.74 Å². The summed E-state index contributed by atoms with van der Waals surface area (Å²) in [6.45, 7) is 1.96. The first-order valence-electron chi connectivity index (χ1n) is 6.22. The van der Waals surface area contributed by atoms with E-state index in [1.807, 2.05) is 29.7 Å². The molecule has 1 atom stereocenters. The molecule has 0 unspecified atom stereocenters. The Labute approximate surface area is 111 Å². The standard InChI is InChI=1S/C15H15N3O/c1-11(19-2)15-17-16-10-18(15)14-9-5-7-12-6-3-4-8-13(12)14/h3-11H,1-2H3/t11-/m1/s1. The monoisotopic (exact) mass is 253 g/mol. The Bertz CT molecular complexity index is 700. The van der Waals surface area contributed by atoms with Gasteiger partial charge in [-0.1, -0.05) is 36.4 Å². The van der Waals surface area contributed by atoms with Crippen LogP contribution in [0.5, 0.6) is 0 Å². The third kappa shape index (κ3) is 2.00. The van der Waals surface area contributed by atoms with Crippen LogP contribution in [0.25, 0.3) is 16.5 Å². The summed E-state index contributed by atoms with van der Waals surface area (Å²) in [4.78, 5) is 0. The quantitative estimate of drug-likeness (QED) is 0.720. The van der Waals surface area contributed by atoms with Crippen LogP contribution in [0.1, 0.15) is 18.9 Å². The van der Waals surface area contributed by atoms with Crippen molar-refractivity contribution in [2.24, 2.45) is 0 Å². The zero-order chi connectivity index (χ0) is 13.2. The van der Waals surface area contributed by atoms with E-state index in [9.17, 15) is 0 Å². The maximum Gasteiger partial charge on any atom is 0.166 e. The van der Waals surface area contributed by atoms with Crippen molar-refractivity contribution >= 4 is 10.8 Å². The fraction of sp³-hybridized carbons (Fsp3) is 0.200. The number of benzene rings is 2. The molecule has 3 aromatic rings. The van der Waals surface area contributed by atoms with Crippen LogP contribution in [0.2, 0.25) is 0 Å². The molecule has 0 radical (unpaired) electrons. The lowest BCUT2D eigenvalue weighted by molar-refractivity contribution is 0.110. The minimum Gasteiger partial charge on any atom is -0.374 e. The Morgan fingerprint density at radius 2 is 1.89 bits per heavy atom. The molecule has 0 aliphatic carbocycles. The predicted octanol–water partition coefficient (Wildman–Crippen LogP) is 3.13. The van der Waals surface area contributed by atoms with Crippen molar-refractivity contribution in [3.05, 3.63) is 54.6 Å². The third-order valence-electron chi connectivity index (χ3n) is 3.32. The third-order valence-corrected chi connectivity index (χ3v) is 3.32. The van der Waals surface area contributed by atoms with E-state index in [1.54, 1.807) is 13.4 Å². The van der Waals surface area contributed by atoms with Gasteiger partial charge >= 0.3 is 0 Å². The minimum absolute atomic E-state index is 0.0959. The zero-order valence-corrected chi connectivity index (χ0v) is 10.9. The molecule has 3 rings (SSSR count). The molecule has 0 fully saturated rings. The van der Waals surface area contributed by atoms with Gasteiger partial charge in [0.2, 0.25) is 0 Å². The van der Waals surface area contributed by atoms with Gasteiger partial charge in [-0.15, -0.1) is 10.2 Å². The highest BCUT2D eigenvalue weighted by Crippen LogP contribution is 2.25. The second-order valence-electron chi connectivity index (χ2n) is 4.44. The molecular formula is C15H15N3O. The molecule has 0 spiro atoms. The van der Waals surface area contributed by atoms with Gasteiger partial charge in [-0.05, 0) is 18.4 Å². The summed E-state index contributed by atoms with van der Waals surface area (Å²) in [6, 6.07) is 14.5. The predicted molar refractivity (Wildman–Crippen MR) is 74.3 cm³/mol. The molecular weight excluding hydrogens is 238 g/mol. The number of hydrogen-bond donors (Lipinski definition) is 0. The summed E-state index contributed by atoms with van der Waals surface area (Å²) in [7, 11) is 1.67. The minimum atomic E-state index is -0.0959. The highest BCUT2D eigenvalue weighted by Gasteiger charge is 2.14. The molecule has 96 valence electrons. The van der Waals surface area contributed by atoms with E-state index >= 15 is 0 Å². The molecule has 0 saturated carbocycles. The van der Waals surface area contributed by atoms with E-state index in [-0.39, 0.29) is 6.10 Å². The smallest absolute Gasteiger partial charge is 0.166 e. The number of ether oxygens (including phenoxy) is 1. The number of rotatable bonds is 3. The number of hydrogen-bond acceptors (Lipinski definition) is 3. The summed E-state index contributed by atoms with van der Waals surface area (Å²) < 4.78 is 7.33. The van der Waals surface area contributed by atoms with Crippen LogP contribution < -0.4 is 0 Å². The van der Waals surface area contributed by atoms with Crippen LogP contribution in [-0.4, -0.2) is 21.9 Å². The summed E-state index contributed by atoms with van der Waals surface area (Å²) in [5, 5.41) is 10.5. The number of nitrogens with zero attached hydrogens (tertiary/aromatic N) is 3. The fourth-order valence-electron chi connectivity index (χ4n) is 2.23. The van der Waals surface area contributed by atoms with Gasteiger partial charge in [0, 0.05) is 12.5 Å². The number of aromatic nitrogens is 3. The van der Waals surface area contributed by atoms with Crippen molar-refractivity contribution in [1.29, 1.82) is 0 Å². The van der Waals surface area contributed by atoms with E-state index in [0.29, 0.717) is 0 Å². The Hall–Kier alpha value is -2.20. The summed E-state index contributed by atoms with van der Waals surface area (Å²) in [5.74, 6) is 0.804. The van der Waals surface area contributed by atoms with Crippen molar-refractivity contribution < 1.29 is 4.74 Å².